The highest BCUT2D eigenvalue weighted by atomic mass is 19.1. The quantitative estimate of drug-likeness (QED) is 0.370. The van der Waals surface area contributed by atoms with Crippen molar-refractivity contribution in [3.05, 3.63) is 89.5 Å². The monoisotopic (exact) mass is 542 g/mol. The largest absolute Gasteiger partial charge is 0.328 e. The maximum Gasteiger partial charge on any atom is 0.328 e. The van der Waals surface area contributed by atoms with Gasteiger partial charge in [0.05, 0.1) is 6.04 Å². The number of anilines is 1. The molecule has 0 atom stereocenters. The van der Waals surface area contributed by atoms with Gasteiger partial charge in [-0.2, -0.15) is 0 Å². The van der Waals surface area contributed by atoms with Crippen LogP contribution >= 0.6 is 0 Å². The van der Waals surface area contributed by atoms with E-state index >= 15 is 0 Å². The lowest BCUT2D eigenvalue weighted by atomic mass is 9.84. The van der Waals surface area contributed by atoms with Crippen LogP contribution in [0.2, 0.25) is 0 Å². The van der Waals surface area contributed by atoms with Gasteiger partial charge >= 0.3 is 6.03 Å². The Bertz CT molecular complexity index is 1420. The number of piperidine rings is 1. The summed E-state index contributed by atoms with van der Waals surface area (Å²) in [5.41, 5.74) is 4.07. The molecule has 2 amide bonds. The summed E-state index contributed by atoms with van der Waals surface area (Å²) in [6.07, 6.45) is 7.07. The van der Waals surface area contributed by atoms with Crippen molar-refractivity contribution in [3.63, 3.8) is 0 Å². The fraction of sp³-hybridized carbons (Fsp3) is 0.394. The number of aryl methyl sites for hydroxylation is 1. The van der Waals surface area contributed by atoms with Gasteiger partial charge in [0.2, 0.25) is 0 Å². The second-order valence-electron chi connectivity index (χ2n) is 11.5. The van der Waals surface area contributed by atoms with E-state index in [0.29, 0.717) is 18.5 Å². The fourth-order valence-electron chi connectivity index (χ4n) is 6.64. The number of halogens is 2. The summed E-state index contributed by atoms with van der Waals surface area (Å²) < 4.78 is 28.2. The van der Waals surface area contributed by atoms with Gasteiger partial charge in [0.25, 0.3) is 0 Å². The molecular weight excluding hydrogens is 506 g/mol. The number of urea groups is 1. The third kappa shape index (κ3) is 5.27. The molecule has 2 saturated heterocycles. The molecule has 1 saturated carbocycles. The van der Waals surface area contributed by atoms with E-state index in [-0.39, 0.29) is 23.7 Å². The van der Waals surface area contributed by atoms with E-state index in [0.717, 1.165) is 73.4 Å². The molecule has 2 heterocycles. The number of carbonyl (C=O) groups is 1. The zero-order chi connectivity index (χ0) is 27.7. The number of carbonyl (C=O) groups excluding carboxylic acids is 1. The Hall–Kier alpha value is -3.58. The van der Waals surface area contributed by atoms with Gasteiger partial charge in [-0.25, -0.2) is 13.6 Å². The van der Waals surface area contributed by atoms with Gasteiger partial charge in [-0.3, -0.25) is 20.1 Å². The topological polar surface area (TPSA) is 47.9 Å². The van der Waals surface area contributed by atoms with E-state index in [1.165, 1.54) is 24.6 Å². The number of hydrogen-bond acceptors (Lipinski definition) is 3. The highest BCUT2D eigenvalue weighted by molar-refractivity contribution is 6.19. The van der Waals surface area contributed by atoms with Crippen molar-refractivity contribution in [1.82, 2.24) is 10.2 Å². The predicted octanol–water partition coefficient (Wildman–Crippen LogP) is 7.24. The Kier molecular flexibility index (Phi) is 7.41. The van der Waals surface area contributed by atoms with Crippen LogP contribution in [0.4, 0.5) is 19.3 Å². The Balaban J connectivity index is 1.25. The van der Waals surface area contributed by atoms with Crippen LogP contribution in [0.3, 0.4) is 0 Å². The van der Waals surface area contributed by atoms with Gasteiger partial charge in [0.15, 0.2) is 0 Å². The van der Waals surface area contributed by atoms with E-state index in [9.17, 15) is 13.6 Å². The number of nitrogens with zero attached hydrogens (tertiary/aromatic N) is 3. The Morgan fingerprint density at radius 2 is 1.68 bits per heavy atom. The van der Waals surface area contributed by atoms with Crippen molar-refractivity contribution in [1.29, 1.82) is 0 Å². The smallest absolute Gasteiger partial charge is 0.299 e. The second kappa shape index (κ2) is 11.1. The van der Waals surface area contributed by atoms with Crippen LogP contribution in [-0.4, -0.2) is 41.4 Å². The Morgan fingerprint density at radius 3 is 2.45 bits per heavy atom. The molecule has 3 aromatic rings. The van der Waals surface area contributed by atoms with Crippen LogP contribution in [0.5, 0.6) is 0 Å². The molecule has 6 rings (SSSR count). The third-order valence-corrected chi connectivity index (χ3v) is 8.78. The first-order valence-electron chi connectivity index (χ1n) is 14.4. The van der Waals surface area contributed by atoms with Gasteiger partial charge in [-0.05, 0) is 91.3 Å². The molecule has 3 aromatic carbocycles. The summed E-state index contributed by atoms with van der Waals surface area (Å²) >= 11 is 0. The van der Waals surface area contributed by atoms with Crippen molar-refractivity contribution in [3.8, 4) is 11.1 Å². The Morgan fingerprint density at radius 1 is 0.925 bits per heavy atom. The molecule has 1 aliphatic carbocycles. The minimum atomic E-state index is -0.612. The van der Waals surface area contributed by atoms with Crippen molar-refractivity contribution >= 4 is 17.6 Å². The molecule has 0 unspecified atom stereocenters. The number of benzene rings is 3. The van der Waals surface area contributed by atoms with Gasteiger partial charge in [-0.15, -0.1) is 0 Å². The van der Waals surface area contributed by atoms with Gasteiger partial charge in [0, 0.05) is 25.3 Å². The summed E-state index contributed by atoms with van der Waals surface area (Å²) in [7, 11) is 0. The molecule has 208 valence electrons. The molecule has 40 heavy (non-hydrogen) atoms. The predicted molar refractivity (Wildman–Crippen MR) is 156 cm³/mol. The summed E-state index contributed by atoms with van der Waals surface area (Å²) in [5.74, 6) is 0.154. The molecule has 3 fully saturated rings. The molecular formula is C33H36F2N4O. The van der Waals surface area contributed by atoms with E-state index in [4.69, 9.17) is 4.99 Å². The molecule has 5 nitrogen and oxygen atoms in total. The van der Waals surface area contributed by atoms with Crippen molar-refractivity contribution < 1.29 is 13.6 Å². The SMILES string of the molecule is Cc1ccc(F)cc1-c1cccc(CN2CCC3(CC2)C(=NC2CCCCC2)NC(=O)N3c2cccc(F)c2)c1. The number of rotatable bonds is 5. The van der Waals surface area contributed by atoms with Gasteiger partial charge < -0.3 is 0 Å². The third-order valence-electron chi connectivity index (χ3n) is 8.78. The van der Waals surface area contributed by atoms with Crippen LogP contribution < -0.4 is 10.2 Å². The fourth-order valence-corrected chi connectivity index (χ4v) is 6.64. The number of aliphatic imine (C=N–C) groups is 1. The second-order valence-corrected chi connectivity index (χ2v) is 11.5. The normalized spacial score (nSPS) is 20.8. The van der Waals surface area contributed by atoms with Crippen LogP contribution in [0.1, 0.15) is 56.1 Å². The molecule has 0 bridgehead atoms. The number of amidine groups is 1. The van der Waals surface area contributed by atoms with Crippen molar-refractivity contribution in [2.45, 2.75) is 70.0 Å². The summed E-state index contributed by atoms with van der Waals surface area (Å²) in [4.78, 5) is 22.7. The van der Waals surface area contributed by atoms with Gasteiger partial charge in [0.1, 0.15) is 23.0 Å². The molecule has 7 heteroatoms. The zero-order valence-electron chi connectivity index (χ0n) is 23.0. The standard InChI is InChI=1S/C33H36F2N4O/c1-23-13-14-27(35)21-30(23)25-8-5-7-24(19-25)22-38-17-15-33(16-18-38)31(36-28-10-3-2-4-11-28)37-32(40)39(33)29-12-6-9-26(34)20-29/h5-9,12-14,19-21,28H,2-4,10-11,15-18,22H2,1H3,(H,36,37,40). The van der Waals surface area contributed by atoms with Crippen LogP contribution in [0.25, 0.3) is 11.1 Å². The first-order valence-corrected chi connectivity index (χ1v) is 14.4. The number of hydrogen-bond donors (Lipinski definition) is 1. The molecule has 3 aliphatic rings. The average Bonchev–Trinajstić information content (AvgIpc) is 3.21. The van der Waals surface area contributed by atoms with E-state index in [2.05, 4.69) is 22.3 Å². The van der Waals surface area contributed by atoms with Crippen molar-refractivity contribution in [2.75, 3.05) is 18.0 Å². The first kappa shape index (κ1) is 26.6. The lowest BCUT2D eigenvalue weighted by molar-refractivity contribution is 0.184. The number of likely N-dealkylation sites (tertiary alicyclic amines) is 1. The van der Waals surface area contributed by atoms with Crippen LogP contribution in [0.15, 0.2) is 71.7 Å². The minimum absolute atomic E-state index is 0.223. The summed E-state index contributed by atoms with van der Waals surface area (Å²) in [5, 5.41) is 3.10. The van der Waals surface area contributed by atoms with Crippen molar-refractivity contribution in [2.24, 2.45) is 4.99 Å². The summed E-state index contributed by atoms with van der Waals surface area (Å²) in [6, 6.07) is 19.5. The molecule has 1 N–H and O–H groups in total. The molecule has 2 aliphatic heterocycles. The van der Waals surface area contributed by atoms with Crippen LogP contribution in [0, 0.1) is 18.6 Å². The number of nitrogens with one attached hydrogen (secondary N) is 1. The maximum absolute atomic E-state index is 14.3. The lowest BCUT2D eigenvalue weighted by Crippen LogP contribution is -2.57. The van der Waals surface area contributed by atoms with E-state index in [1.54, 1.807) is 23.1 Å². The van der Waals surface area contributed by atoms with Crippen LogP contribution in [-0.2, 0) is 6.54 Å². The van der Waals surface area contributed by atoms with E-state index in [1.807, 2.05) is 25.1 Å². The highest BCUT2D eigenvalue weighted by Gasteiger charge is 2.53. The number of amides is 2. The lowest BCUT2D eigenvalue weighted by Gasteiger charge is -2.44. The van der Waals surface area contributed by atoms with Gasteiger partial charge in [-0.1, -0.05) is 49.6 Å². The highest BCUT2D eigenvalue weighted by Crippen LogP contribution is 2.39. The molecule has 1 spiro atoms. The molecule has 0 radical (unpaired) electrons. The minimum Gasteiger partial charge on any atom is -0.299 e. The first-order chi connectivity index (χ1) is 19.4. The zero-order valence-corrected chi connectivity index (χ0v) is 23.0. The summed E-state index contributed by atoms with van der Waals surface area (Å²) in [6.45, 7) is 4.30. The Labute approximate surface area is 234 Å². The molecule has 0 aromatic heterocycles. The maximum atomic E-state index is 14.3. The van der Waals surface area contributed by atoms with E-state index < -0.39 is 5.54 Å². The average molecular weight is 543 g/mol.